The number of amides is 2. The fourth-order valence-corrected chi connectivity index (χ4v) is 4.00. The van der Waals surface area contributed by atoms with Crippen LogP contribution < -0.4 is 14.9 Å². The van der Waals surface area contributed by atoms with Crippen LogP contribution in [0.15, 0.2) is 77.7 Å². The van der Waals surface area contributed by atoms with Crippen LogP contribution >= 0.6 is 0 Å². The summed E-state index contributed by atoms with van der Waals surface area (Å²) >= 11 is 0. The standard InChI is InChI=1S/C23H24FN3O3S/c1-17-6-12-22(13-7-17)31(29,30)25-14-15-27(21-10-8-19(24)9-11-21)23(28)26-20-5-3-4-18(2)16-20/h3-13,16,25H,14-15H2,1-2H3,(H,26,28). The summed E-state index contributed by atoms with van der Waals surface area (Å²) in [6.07, 6.45) is 0. The largest absolute Gasteiger partial charge is 0.326 e. The van der Waals surface area contributed by atoms with Gasteiger partial charge in [-0.15, -0.1) is 0 Å². The van der Waals surface area contributed by atoms with Crippen LogP contribution in [0.4, 0.5) is 20.6 Å². The minimum absolute atomic E-state index is 0.0190. The predicted octanol–water partition coefficient (Wildman–Crippen LogP) is 4.46. The molecule has 0 radical (unpaired) electrons. The van der Waals surface area contributed by atoms with Crippen molar-refractivity contribution in [2.24, 2.45) is 0 Å². The van der Waals surface area contributed by atoms with Crippen molar-refractivity contribution in [1.29, 1.82) is 0 Å². The van der Waals surface area contributed by atoms with Gasteiger partial charge in [0, 0.05) is 24.5 Å². The first-order valence-electron chi connectivity index (χ1n) is 9.72. The third-order valence-corrected chi connectivity index (χ3v) is 6.09. The van der Waals surface area contributed by atoms with Crippen LogP contribution in [0.5, 0.6) is 0 Å². The summed E-state index contributed by atoms with van der Waals surface area (Å²) in [5.74, 6) is -0.428. The number of hydrogen-bond acceptors (Lipinski definition) is 3. The molecule has 0 aliphatic rings. The van der Waals surface area contributed by atoms with Crippen LogP contribution in [0, 0.1) is 19.7 Å². The second kappa shape index (κ2) is 9.72. The molecule has 162 valence electrons. The Hall–Kier alpha value is -3.23. The van der Waals surface area contributed by atoms with Crippen molar-refractivity contribution in [2.75, 3.05) is 23.3 Å². The number of benzene rings is 3. The molecule has 3 rings (SSSR count). The normalized spacial score (nSPS) is 11.2. The van der Waals surface area contributed by atoms with Gasteiger partial charge in [-0.2, -0.15) is 0 Å². The van der Waals surface area contributed by atoms with Crippen molar-refractivity contribution >= 4 is 27.4 Å². The summed E-state index contributed by atoms with van der Waals surface area (Å²) in [6.45, 7) is 3.81. The van der Waals surface area contributed by atoms with E-state index in [4.69, 9.17) is 0 Å². The molecule has 0 aliphatic carbocycles. The second-order valence-electron chi connectivity index (χ2n) is 7.14. The third kappa shape index (κ3) is 6.13. The van der Waals surface area contributed by atoms with E-state index in [1.54, 1.807) is 18.2 Å². The number of nitrogens with zero attached hydrogens (tertiary/aromatic N) is 1. The SMILES string of the molecule is Cc1ccc(S(=O)(=O)NCCN(C(=O)Nc2cccc(C)c2)c2ccc(F)cc2)cc1. The van der Waals surface area contributed by atoms with Gasteiger partial charge in [-0.05, 0) is 67.9 Å². The Labute approximate surface area is 181 Å². The topological polar surface area (TPSA) is 78.5 Å². The average Bonchev–Trinajstić information content (AvgIpc) is 2.72. The molecule has 0 aromatic heterocycles. The molecule has 2 N–H and O–H groups in total. The molecule has 0 spiro atoms. The van der Waals surface area contributed by atoms with Crippen molar-refractivity contribution < 1.29 is 17.6 Å². The zero-order valence-electron chi connectivity index (χ0n) is 17.3. The van der Waals surface area contributed by atoms with E-state index < -0.39 is 21.9 Å². The highest BCUT2D eigenvalue weighted by Gasteiger charge is 2.19. The van der Waals surface area contributed by atoms with Crippen molar-refractivity contribution in [3.8, 4) is 0 Å². The molecule has 0 bridgehead atoms. The molecule has 3 aromatic carbocycles. The number of carbonyl (C=O) groups is 1. The first-order chi connectivity index (χ1) is 14.7. The lowest BCUT2D eigenvalue weighted by Crippen LogP contribution is -2.41. The lowest BCUT2D eigenvalue weighted by Gasteiger charge is -2.23. The van der Waals surface area contributed by atoms with Gasteiger partial charge in [-0.3, -0.25) is 4.90 Å². The van der Waals surface area contributed by atoms with Gasteiger partial charge in [0.25, 0.3) is 0 Å². The molecule has 0 saturated heterocycles. The van der Waals surface area contributed by atoms with E-state index in [9.17, 15) is 17.6 Å². The van der Waals surface area contributed by atoms with Gasteiger partial charge < -0.3 is 5.32 Å². The number of carbonyl (C=O) groups excluding carboxylic acids is 1. The van der Waals surface area contributed by atoms with Gasteiger partial charge in [0.2, 0.25) is 10.0 Å². The molecule has 0 unspecified atom stereocenters. The number of anilines is 2. The fraction of sp³-hybridized carbons (Fsp3) is 0.174. The molecule has 0 heterocycles. The fourth-order valence-electron chi connectivity index (χ4n) is 2.98. The Morgan fingerprint density at radius 2 is 1.61 bits per heavy atom. The zero-order valence-corrected chi connectivity index (χ0v) is 18.1. The lowest BCUT2D eigenvalue weighted by molar-refractivity contribution is 0.257. The second-order valence-corrected chi connectivity index (χ2v) is 8.91. The highest BCUT2D eigenvalue weighted by atomic mass is 32.2. The number of nitrogens with one attached hydrogen (secondary N) is 2. The van der Waals surface area contributed by atoms with E-state index in [1.165, 1.54) is 41.3 Å². The molecule has 0 aliphatic heterocycles. The Balaban J connectivity index is 1.74. The van der Waals surface area contributed by atoms with Crippen LogP contribution in [-0.4, -0.2) is 27.5 Å². The summed E-state index contributed by atoms with van der Waals surface area (Å²) in [5, 5.41) is 2.80. The number of hydrogen-bond donors (Lipinski definition) is 2. The zero-order chi connectivity index (χ0) is 22.4. The maximum atomic E-state index is 13.4. The van der Waals surface area contributed by atoms with Gasteiger partial charge in [-0.25, -0.2) is 22.3 Å². The minimum atomic E-state index is -3.72. The van der Waals surface area contributed by atoms with Crippen LogP contribution in [-0.2, 0) is 10.0 Å². The van der Waals surface area contributed by atoms with Gasteiger partial charge >= 0.3 is 6.03 Å². The lowest BCUT2D eigenvalue weighted by atomic mass is 10.2. The van der Waals surface area contributed by atoms with Gasteiger partial charge in [0.05, 0.1) is 4.90 Å². The van der Waals surface area contributed by atoms with Crippen LogP contribution in [0.1, 0.15) is 11.1 Å². The Bertz CT molecular complexity index is 1150. The number of halogens is 1. The first kappa shape index (κ1) is 22.5. The van der Waals surface area contributed by atoms with Crippen molar-refractivity contribution in [3.63, 3.8) is 0 Å². The van der Waals surface area contributed by atoms with Crippen LogP contribution in [0.3, 0.4) is 0 Å². The average molecular weight is 442 g/mol. The van der Waals surface area contributed by atoms with Crippen LogP contribution in [0.25, 0.3) is 0 Å². The molecular formula is C23H24FN3O3S. The van der Waals surface area contributed by atoms with E-state index in [0.29, 0.717) is 11.4 Å². The van der Waals surface area contributed by atoms with Crippen LogP contribution in [0.2, 0.25) is 0 Å². The van der Waals surface area contributed by atoms with Gasteiger partial charge in [0.15, 0.2) is 0 Å². The Morgan fingerprint density at radius 1 is 0.935 bits per heavy atom. The molecule has 2 amide bonds. The Kier molecular flexibility index (Phi) is 7.04. The smallest absolute Gasteiger partial charge is 0.308 e. The summed E-state index contributed by atoms with van der Waals surface area (Å²) in [5.41, 5.74) is 2.99. The monoisotopic (exact) mass is 441 g/mol. The van der Waals surface area contributed by atoms with E-state index in [-0.39, 0.29) is 18.0 Å². The highest BCUT2D eigenvalue weighted by molar-refractivity contribution is 7.89. The first-order valence-corrected chi connectivity index (χ1v) is 11.2. The summed E-state index contributed by atoms with van der Waals surface area (Å²) in [4.78, 5) is 14.4. The molecule has 8 heteroatoms. The summed E-state index contributed by atoms with van der Waals surface area (Å²) in [7, 11) is -3.72. The number of urea groups is 1. The number of aryl methyl sites for hydroxylation is 2. The maximum Gasteiger partial charge on any atom is 0.326 e. The Morgan fingerprint density at radius 3 is 2.26 bits per heavy atom. The number of sulfonamides is 1. The number of rotatable bonds is 7. The summed E-state index contributed by atoms with van der Waals surface area (Å²) in [6, 6.07) is 18.8. The van der Waals surface area contributed by atoms with Crippen molar-refractivity contribution in [1.82, 2.24) is 4.72 Å². The molecule has 6 nitrogen and oxygen atoms in total. The molecule has 0 saturated carbocycles. The van der Waals surface area contributed by atoms with E-state index in [2.05, 4.69) is 10.0 Å². The quantitative estimate of drug-likeness (QED) is 0.568. The molecule has 3 aromatic rings. The molecule has 0 atom stereocenters. The van der Waals surface area contributed by atoms with E-state index >= 15 is 0 Å². The minimum Gasteiger partial charge on any atom is -0.308 e. The third-order valence-electron chi connectivity index (χ3n) is 4.61. The summed E-state index contributed by atoms with van der Waals surface area (Å²) < 4.78 is 40.9. The van der Waals surface area contributed by atoms with Crippen molar-refractivity contribution in [3.05, 3.63) is 89.7 Å². The highest BCUT2D eigenvalue weighted by Crippen LogP contribution is 2.18. The van der Waals surface area contributed by atoms with Gasteiger partial charge in [0.1, 0.15) is 5.82 Å². The molecular weight excluding hydrogens is 417 g/mol. The van der Waals surface area contributed by atoms with Gasteiger partial charge in [-0.1, -0.05) is 29.8 Å². The van der Waals surface area contributed by atoms with Crippen molar-refractivity contribution in [2.45, 2.75) is 18.7 Å². The molecule has 31 heavy (non-hydrogen) atoms. The molecule has 0 fully saturated rings. The van der Waals surface area contributed by atoms with E-state index in [0.717, 1.165) is 11.1 Å². The predicted molar refractivity (Wildman–Crippen MR) is 120 cm³/mol. The van der Waals surface area contributed by atoms with E-state index in [1.807, 2.05) is 32.0 Å². The maximum absolute atomic E-state index is 13.4.